The zero-order chi connectivity index (χ0) is 24.1. The first-order valence-electron chi connectivity index (χ1n) is 10.8. The summed E-state index contributed by atoms with van der Waals surface area (Å²) in [6.07, 6.45) is 0.840. The number of amides is 1. The predicted molar refractivity (Wildman–Crippen MR) is 124 cm³/mol. The van der Waals surface area contributed by atoms with Crippen LogP contribution in [0, 0.1) is 5.82 Å². The summed E-state index contributed by atoms with van der Waals surface area (Å²) in [5, 5.41) is 15.9. The van der Waals surface area contributed by atoms with Crippen LogP contribution in [0.5, 0.6) is 17.2 Å². The van der Waals surface area contributed by atoms with Crippen molar-refractivity contribution in [3.05, 3.63) is 88.2 Å². The number of hydrogen-bond donors (Lipinski definition) is 2. The molecular weight excluding hydrogens is 461 g/mol. The number of carbonyl (C=O) groups excluding carboxylic acids is 1. The number of hydrogen-bond acceptors (Lipinski definition) is 5. The van der Waals surface area contributed by atoms with Gasteiger partial charge in [-0.1, -0.05) is 35.9 Å². The van der Waals surface area contributed by atoms with Crippen molar-refractivity contribution >= 4 is 18.0 Å². The summed E-state index contributed by atoms with van der Waals surface area (Å²) in [4.78, 5) is 11.6. The summed E-state index contributed by atoms with van der Waals surface area (Å²) < 4.78 is 32.1. The minimum atomic E-state index is -1.76. The molecule has 0 saturated heterocycles. The van der Waals surface area contributed by atoms with Gasteiger partial charge in [-0.15, -0.1) is 0 Å². The molecule has 2 N–H and O–H groups in total. The predicted octanol–water partition coefficient (Wildman–Crippen LogP) is 4.27. The number of carbonyl (C=O) groups is 1. The molecule has 1 heterocycles. The van der Waals surface area contributed by atoms with Crippen LogP contribution in [-0.4, -0.2) is 31.8 Å². The van der Waals surface area contributed by atoms with E-state index in [1.54, 1.807) is 48.5 Å². The van der Waals surface area contributed by atoms with Crippen LogP contribution in [0.4, 0.5) is 4.39 Å². The summed E-state index contributed by atoms with van der Waals surface area (Å²) in [6, 6.07) is 15.7. The van der Waals surface area contributed by atoms with Crippen molar-refractivity contribution in [2.45, 2.75) is 29.6 Å². The minimum Gasteiger partial charge on any atom is -0.496 e. The van der Waals surface area contributed by atoms with Gasteiger partial charge in [-0.05, 0) is 41.8 Å². The summed E-state index contributed by atoms with van der Waals surface area (Å²) in [5.74, 6) is 0.245. The zero-order valence-electron chi connectivity index (χ0n) is 18.5. The Kier molecular flexibility index (Phi) is 5.41. The average Bonchev–Trinajstić information content (AvgIpc) is 3.24. The Labute approximate surface area is 201 Å². The molecular formula is C26H23ClFNO5. The van der Waals surface area contributed by atoms with Crippen molar-refractivity contribution in [2.75, 3.05) is 14.2 Å². The number of nitrogens with one attached hydrogen (secondary N) is 1. The maximum atomic E-state index is 14.3. The molecule has 1 amide bonds. The Morgan fingerprint density at radius 1 is 1.15 bits per heavy atom. The lowest BCUT2D eigenvalue weighted by atomic mass is 9.71. The Hall–Kier alpha value is -3.29. The van der Waals surface area contributed by atoms with Crippen LogP contribution in [0.25, 0.3) is 0 Å². The lowest BCUT2D eigenvalue weighted by Gasteiger charge is -2.41. The van der Waals surface area contributed by atoms with Gasteiger partial charge >= 0.3 is 0 Å². The molecule has 0 bridgehead atoms. The fraction of sp³-hybridized carbons (Fsp3) is 0.269. The van der Waals surface area contributed by atoms with Gasteiger partial charge in [0.1, 0.15) is 23.1 Å². The van der Waals surface area contributed by atoms with Crippen LogP contribution < -0.4 is 19.5 Å². The van der Waals surface area contributed by atoms with E-state index in [4.69, 9.17) is 25.8 Å². The average molecular weight is 484 g/mol. The van der Waals surface area contributed by atoms with Gasteiger partial charge in [0.15, 0.2) is 11.2 Å². The van der Waals surface area contributed by atoms with E-state index in [1.807, 2.05) is 0 Å². The molecule has 5 rings (SSSR count). The van der Waals surface area contributed by atoms with Gasteiger partial charge in [0.05, 0.1) is 25.8 Å². The van der Waals surface area contributed by atoms with Crippen LogP contribution >= 0.6 is 11.6 Å². The van der Waals surface area contributed by atoms with E-state index in [9.17, 15) is 14.3 Å². The highest BCUT2D eigenvalue weighted by molar-refractivity contribution is 6.30. The number of methoxy groups -OCH3 is 2. The SMILES string of the molecule is COc1cc(OC)c2c(c1)OC1(c3ccc(Cl)cc3)C(c3cccc(F)c3)CC(NC=O)C21O. The quantitative estimate of drug-likeness (QED) is 0.512. The number of ether oxygens (including phenoxy) is 3. The number of fused-ring (bicyclic) bond motifs is 3. The summed E-state index contributed by atoms with van der Waals surface area (Å²) >= 11 is 6.17. The van der Waals surface area contributed by atoms with E-state index >= 15 is 0 Å². The molecule has 34 heavy (non-hydrogen) atoms. The standard InChI is InChI=1S/C26H23ClFNO5/c1-32-19-11-21(33-2)24-22(12-19)34-26(16-6-8-17(27)9-7-16)20(15-4-3-5-18(28)10-15)13-23(29-14-30)25(24,26)31/h3-12,14,20,23,31H,13H2,1-2H3,(H,29,30). The van der Waals surface area contributed by atoms with Gasteiger partial charge < -0.3 is 24.6 Å². The van der Waals surface area contributed by atoms with E-state index in [1.165, 1.54) is 26.4 Å². The van der Waals surface area contributed by atoms with E-state index in [0.717, 1.165) is 0 Å². The zero-order valence-corrected chi connectivity index (χ0v) is 19.3. The first-order valence-corrected chi connectivity index (χ1v) is 11.2. The van der Waals surface area contributed by atoms with Crippen LogP contribution in [-0.2, 0) is 16.0 Å². The normalized spacial score (nSPS) is 26.9. The Morgan fingerprint density at radius 3 is 2.56 bits per heavy atom. The van der Waals surface area contributed by atoms with Gasteiger partial charge in [-0.25, -0.2) is 4.39 Å². The number of rotatable bonds is 6. The van der Waals surface area contributed by atoms with Crippen molar-refractivity contribution in [1.29, 1.82) is 0 Å². The third kappa shape index (κ3) is 3.00. The van der Waals surface area contributed by atoms with Crippen molar-refractivity contribution in [3.8, 4) is 17.2 Å². The molecule has 3 aromatic carbocycles. The van der Waals surface area contributed by atoms with Crippen LogP contribution in [0.1, 0.15) is 29.0 Å². The van der Waals surface area contributed by atoms with Crippen molar-refractivity contribution < 1.29 is 28.5 Å². The highest BCUT2D eigenvalue weighted by Gasteiger charge is 2.73. The maximum absolute atomic E-state index is 14.3. The number of aliphatic hydroxyl groups is 1. The molecule has 1 saturated carbocycles. The fourth-order valence-electron chi connectivity index (χ4n) is 5.62. The molecule has 0 aromatic heterocycles. The third-order valence-corrected chi connectivity index (χ3v) is 7.23. The second kappa shape index (κ2) is 8.18. The van der Waals surface area contributed by atoms with Crippen molar-refractivity contribution in [3.63, 3.8) is 0 Å². The van der Waals surface area contributed by atoms with Gasteiger partial charge in [0, 0.05) is 23.1 Å². The van der Waals surface area contributed by atoms with Crippen molar-refractivity contribution in [1.82, 2.24) is 5.32 Å². The van der Waals surface area contributed by atoms with E-state index in [0.29, 0.717) is 45.4 Å². The largest absolute Gasteiger partial charge is 0.496 e. The Morgan fingerprint density at radius 2 is 1.91 bits per heavy atom. The summed E-state index contributed by atoms with van der Waals surface area (Å²) in [6.45, 7) is 0. The Balaban J connectivity index is 1.85. The van der Waals surface area contributed by atoms with Gasteiger partial charge in [-0.2, -0.15) is 0 Å². The smallest absolute Gasteiger partial charge is 0.207 e. The van der Waals surface area contributed by atoms with E-state index in [2.05, 4.69) is 5.32 Å². The minimum absolute atomic E-state index is 0.288. The highest BCUT2D eigenvalue weighted by Crippen LogP contribution is 2.68. The first-order chi connectivity index (χ1) is 16.4. The molecule has 8 heteroatoms. The molecule has 0 spiro atoms. The topological polar surface area (TPSA) is 77.0 Å². The Bertz CT molecular complexity index is 1250. The molecule has 3 aromatic rings. The third-order valence-electron chi connectivity index (χ3n) is 6.97. The summed E-state index contributed by atoms with van der Waals surface area (Å²) in [5.41, 5.74) is -1.54. The monoisotopic (exact) mass is 483 g/mol. The second-order valence-electron chi connectivity index (χ2n) is 8.49. The second-order valence-corrected chi connectivity index (χ2v) is 8.93. The molecule has 2 aliphatic rings. The fourth-order valence-corrected chi connectivity index (χ4v) is 5.75. The molecule has 6 nitrogen and oxygen atoms in total. The van der Waals surface area contributed by atoms with Gasteiger partial charge in [0.25, 0.3) is 0 Å². The molecule has 4 atom stereocenters. The number of benzene rings is 3. The summed E-state index contributed by atoms with van der Waals surface area (Å²) in [7, 11) is 3.01. The van der Waals surface area contributed by atoms with Crippen LogP contribution in [0.3, 0.4) is 0 Å². The molecule has 4 unspecified atom stereocenters. The molecule has 176 valence electrons. The van der Waals surface area contributed by atoms with Gasteiger partial charge in [-0.3, -0.25) is 4.79 Å². The maximum Gasteiger partial charge on any atom is 0.207 e. The van der Waals surface area contributed by atoms with E-state index in [-0.39, 0.29) is 6.42 Å². The molecule has 1 aliphatic carbocycles. The molecule has 0 radical (unpaired) electrons. The van der Waals surface area contributed by atoms with Crippen LogP contribution in [0.2, 0.25) is 5.02 Å². The highest BCUT2D eigenvalue weighted by atomic mass is 35.5. The van der Waals surface area contributed by atoms with Crippen molar-refractivity contribution in [2.24, 2.45) is 0 Å². The van der Waals surface area contributed by atoms with Crippen LogP contribution in [0.15, 0.2) is 60.7 Å². The molecule has 1 fully saturated rings. The first kappa shape index (κ1) is 22.5. The lowest BCUT2D eigenvalue weighted by Crippen LogP contribution is -2.55. The number of halogens is 2. The van der Waals surface area contributed by atoms with Gasteiger partial charge in [0.2, 0.25) is 6.41 Å². The van der Waals surface area contributed by atoms with E-state index < -0.39 is 29.0 Å². The lowest BCUT2D eigenvalue weighted by molar-refractivity contribution is -0.126. The molecule has 1 aliphatic heterocycles.